The fourth-order valence-corrected chi connectivity index (χ4v) is 4.29. The average molecular weight is 307 g/mol. The van der Waals surface area contributed by atoms with Crippen LogP contribution in [0, 0.1) is 0 Å². The summed E-state index contributed by atoms with van der Waals surface area (Å²) in [4.78, 5) is 7.04. The summed E-state index contributed by atoms with van der Waals surface area (Å²) in [7, 11) is 0. The van der Waals surface area contributed by atoms with Gasteiger partial charge in [0.25, 0.3) is 0 Å². The molecule has 2 aliphatic carbocycles. The zero-order valence-corrected chi connectivity index (χ0v) is 13.7. The van der Waals surface area contributed by atoms with E-state index in [1.54, 1.807) is 6.20 Å². The Balaban J connectivity index is 1.75. The summed E-state index contributed by atoms with van der Waals surface area (Å²) in [5.74, 6) is 0. The molecule has 0 atom stereocenters. The summed E-state index contributed by atoms with van der Waals surface area (Å²) in [6.07, 6.45) is 15.7. The van der Waals surface area contributed by atoms with Crippen LogP contribution in [0.3, 0.4) is 0 Å². The highest BCUT2D eigenvalue weighted by Crippen LogP contribution is 2.32. The molecule has 2 fully saturated rings. The molecular weight excluding hydrogens is 280 g/mol. The van der Waals surface area contributed by atoms with E-state index in [4.69, 9.17) is 11.6 Å². The molecule has 116 valence electrons. The third kappa shape index (κ3) is 3.98. The maximum absolute atomic E-state index is 6.31. The van der Waals surface area contributed by atoms with Crippen LogP contribution < -0.4 is 0 Å². The van der Waals surface area contributed by atoms with Gasteiger partial charge in [0.15, 0.2) is 0 Å². The van der Waals surface area contributed by atoms with Crippen LogP contribution in [-0.4, -0.2) is 22.0 Å². The van der Waals surface area contributed by atoms with Gasteiger partial charge >= 0.3 is 0 Å². The van der Waals surface area contributed by atoms with Crippen molar-refractivity contribution in [3.63, 3.8) is 0 Å². The van der Waals surface area contributed by atoms with Crippen molar-refractivity contribution in [1.82, 2.24) is 9.88 Å². The quantitative estimate of drug-likeness (QED) is 0.711. The zero-order valence-electron chi connectivity index (χ0n) is 12.9. The molecule has 0 amide bonds. The molecule has 2 nitrogen and oxygen atoms in total. The number of halogens is 1. The molecular formula is C18H27ClN2. The van der Waals surface area contributed by atoms with E-state index in [9.17, 15) is 0 Å². The maximum Gasteiger partial charge on any atom is 0.133 e. The standard InChI is InChI=1S/C18H27ClN2/c19-18-15(8-7-13-20-18)14-21(16-9-3-1-4-10-16)17-11-5-2-6-12-17/h7-8,13,16-17H,1-6,9-12,14H2. The first-order chi connectivity index (χ1) is 10.3. The van der Waals surface area contributed by atoms with Crippen LogP contribution in [0.4, 0.5) is 0 Å². The predicted molar refractivity (Wildman–Crippen MR) is 88.5 cm³/mol. The highest BCUT2D eigenvalue weighted by atomic mass is 35.5. The van der Waals surface area contributed by atoms with Gasteiger partial charge in [-0.3, -0.25) is 4.90 Å². The summed E-state index contributed by atoms with van der Waals surface area (Å²) in [6.45, 7) is 0.988. The van der Waals surface area contributed by atoms with Crippen LogP contribution >= 0.6 is 11.6 Å². The molecule has 0 N–H and O–H groups in total. The number of nitrogens with zero attached hydrogens (tertiary/aromatic N) is 2. The van der Waals surface area contributed by atoms with E-state index in [2.05, 4.69) is 16.0 Å². The molecule has 3 heteroatoms. The lowest BCUT2D eigenvalue weighted by molar-refractivity contribution is 0.0730. The van der Waals surface area contributed by atoms with Crippen molar-refractivity contribution >= 4 is 11.6 Å². The summed E-state index contributed by atoms with van der Waals surface area (Å²) in [5.41, 5.74) is 1.20. The molecule has 1 aromatic rings. The lowest BCUT2D eigenvalue weighted by atomic mass is 9.88. The Kier molecular flexibility index (Phi) is 5.54. The van der Waals surface area contributed by atoms with Crippen LogP contribution in [0.15, 0.2) is 18.3 Å². The summed E-state index contributed by atoms with van der Waals surface area (Å²) >= 11 is 6.31. The fourth-order valence-electron chi connectivity index (χ4n) is 4.12. The highest BCUT2D eigenvalue weighted by molar-refractivity contribution is 6.30. The van der Waals surface area contributed by atoms with Gasteiger partial charge in [0.05, 0.1) is 0 Å². The minimum absolute atomic E-state index is 0.689. The Hall–Kier alpha value is -0.600. The molecule has 2 saturated carbocycles. The predicted octanol–water partition coefficient (Wildman–Crippen LogP) is 5.20. The van der Waals surface area contributed by atoms with Gasteiger partial charge in [0.2, 0.25) is 0 Å². The fraction of sp³-hybridized carbons (Fsp3) is 0.722. The van der Waals surface area contributed by atoms with Gasteiger partial charge < -0.3 is 0 Å². The van der Waals surface area contributed by atoms with E-state index >= 15 is 0 Å². The molecule has 0 spiro atoms. The molecule has 0 bridgehead atoms. The Morgan fingerprint density at radius 2 is 1.52 bits per heavy atom. The number of pyridine rings is 1. The Bertz CT molecular complexity index is 419. The molecule has 0 aromatic carbocycles. The van der Waals surface area contributed by atoms with Crippen molar-refractivity contribution in [1.29, 1.82) is 0 Å². The smallest absolute Gasteiger partial charge is 0.133 e. The van der Waals surface area contributed by atoms with Gasteiger partial charge in [-0.05, 0) is 31.7 Å². The van der Waals surface area contributed by atoms with E-state index in [0.717, 1.165) is 18.6 Å². The SMILES string of the molecule is Clc1ncccc1CN(C1CCCCC1)C1CCCCC1. The van der Waals surface area contributed by atoms with Crippen LogP contribution in [0.5, 0.6) is 0 Å². The average Bonchev–Trinajstić information content (AvgIpc) is 2.56. The van der Waals surface area contributed by atoms with Crippen molar-refractivity contribution in [3.8, 4) is 0 Å². The lowest BCUT2D eigenvalue weighted by Gasteiger charge is -2.41. The Labute approximate surface area is 133 Å². The maximum atomic E-state index is 6.31. The zero-order chi connectivity index (χ0) is 14.5. The number of rotatable bonds is 4. The molecule has 2 aliphatic rings. The normalized spacial score (nSPS) is 21.8. The number of hydrogen-bond donors (Lipinski definition) is 0. The van der Waals surface area contributed by atoms with Crippen molar-refractivity contribution < 1.29 is 0 Å². The minimum Gasteiger partial charge on any atom is -0.293 e. The van der Waals surface area contributed by atoms with E-state index in [-0.39, 0.29) is 0 Å². The Morgan fingerprint density at radius 1 is 0.952 bits per heavy atom. The highest BCUT2D eigenvalue weighted by Gasteiger charge is 2.29. The van der Waals surface area contributed by atoms with Crippen LogP contribution in [-0.2, 0) is 6.54 Å². The monoisotopic (exact) mass is 306 g/mol. The van der Waals surface area contributed by atoms with Gasteiger partial charge in [0, 0.05) is 30.4 Å². The second-order valence-electron chi connectivity index (χ2n) is 6.71. The van der Waals surface area contributed by atoms with Crippen molar-refractivity contribution in [2.75, 3.05) is 0 Å². The van der Waals surface area contributed by atoms with Crippen LogP contribution in [0.1, 0.15) is 69.8 Å². The van der Waals surface area contributed by atoms with E-state index < -0.39 is 0 Å². The summed E-state index contributed by atoms with van der Waals surface area (Å²) in [5, 5.41) is 0.689. The topological polar surface area (TPSA) is 16.1 Å². The lowest BCUT2D eigenvalue weighted by Crippen LogP contribution is -2.44. The molecule has 3 rings (SSSR count). The van der Waals surface area contributed by atoms with Crippen LogP contribution in [0.2, 0.25) is 5.15 Å². The number of hydrogen-bond acceptors (Lipinski definition) is 2. The van der Waals surface area contributed by atoms with E-state index in [1.165, 1.54) is 69.8 Å². The third-order valence-corrected chi connectivity index (χ3v) is 5.62. The van der Waals surface area contributed by atoms with Crippen molar-refractivity contribution in [2.45, 2.75) is 82.8 Å². The van der Waals surface area contributed by atoms with E-state index in [0.29, 0.717) is 5.15 Å². The second-order valence-corrected chi connectivity index (χ2v) is 7.07. The minimum atomic E-state index is 0.689. The van der Waals surface area contributed by atoms with Gasteiger partial charge in [-0.15, -0.1) is 0 Å². The van der Waals surface area contributed by atoms with Crippen molar-refractivity contribution in [3.05, 3.63) is 29.0 Å². The summed E-state index contributed by atoms with van der Waals surface area (Å²) in [6, 6.07) is 5.69. The van der Waals surface area contributed by atoms with Gasteiger partial charge in [0.1, 0.15) is 5.15 Å². The first kappa shape index (κ1) is 15.3. The largest absolute Gasteiger partial charge is 0.293 e. The van der Waals surface area contributed by atoms with Gasteiger partial charge in [-0.25, -0.2) is 4.98 Å². The Morgan fingerprint density at radius 3 is 2.05 bits per heavy atom. The molecule has 0 unspecified atom stereocenters. The van der Waals surface area contributed by atoms with Crippen LogP contribution in [0.25, 0.3) is 0 Å². The van der Waals surface area contributed by atoms with Crippen molar-refractivity contribution in [2.24, 2.45) is 0 Å². The third-order valence-electron chi connectivity index (χ3n) is 5.28. The first-order valence-corrected chi connectivity index (χ1v) is 9.07. The second kappa shape index (κ2) is 7.60. The molecule has 0 radical (unpaired) electrons. The van der Waals surface area contributed by atoms with E-state index in [1.807, 2.05) is 6.07 Å². The number of aromatic nitrogens is 1. The first-order valence-electron chi connectivity index (χ1n) is 8.70. The molecule has 1 heterocycles. The summed E-state index contributed by atoms with van der Waals surface area (Å²) < 4.78 is 0. The molecule has 0 saturated heterocycles. The molecule has 0 aliphatic heterocycles. The van der Waals surface area contributed by atoms with Gasteiger partial charge in [-0.2, -0.15) is 0 Å². The molecule has 1 aromatic heterocycles. The van der Waals surface area contributed by atoms with Gasteiger partial charge in [-0.1, -0.05) is 56.2 Å². The molecule has 21 heavy (non-hydrogen) atoms.